The SMILES string of the molecule is Cc1cc(C)c(/C=C/c2onc(C)c2S(=O)(=O)N2CCC[C@H](C(=O)N3CCOc4ccc(C)cc43)C2)c(C)c1. The molecule has 3 aromatic rings. The second kappa shape index (κ2) is 10.6. The number of nitrogens with zero attached hydrogens (tertiary/aromatic N) is 3. The molecule has 0 saturated carbocycles. The van der Waals surface area contributed by atoms with Crippen molar-refractivity contribution in [2.24, 2.45) is 5.92 Å². The van der Waals surface area contributed by atoms with Gasteiger partial charge in [0, 0.05) is 13.1 Å². The minimum Gasteiger partial charge on any atom is -0.490 e. The van der Waals surface area contributed by atoms with Gasteiger partial charge < -0.3 is 14.2 Å². The van der Waals surface area contributed by atoms with Gasteiger partial charge in [-0.15, -0.1) is 0 Å². The van der Waals surface area contributed by atoms with Crippen molar-refractivity contribution in [3.8, 4) is 5.75 Å². The van der Waals surface area contributed by atoms with Gasteiger partial charge in [0.05, 0.1) is 18.2 Å². The van der Waals surface area contributed by atoms with Gasteiger partial charge in [-0.2, -0.15) is 4.31 Å². The predicted octanol–water partition coefficient (Wildman–Crippen LogP) is 5.21. The van der Waals surface area contributed by atoms with Crippen LogP contribution >= 0.6 is 0 Å². The highest BCUT2D eigenvalue weighted by Gasteiger charge is 2.39. The summed E-state index contributed by atoms with van der Waals surface area (Å²) in [6, 6.07) is 9.96. The number of amides is 1. The lowest BCUT2D eigenvalue weighted by Crippen LogP contribution is -2.48. The largest absolute Gasteiger partial charge is 0.490 e. The average molecular weight is 550 g/mol. The molecule has 1 fully saturated rings. The molecule has 3 heterocycles. The molecule has 0 unspecified atom stereocenters. The van der Waals surface area contributed by atoms with Crippen LogP contribution < -0.4 is 9.64 Å². The van der Waals surface area contributed by atoms with E-state index < -0.39 is 15.9 Å². The number of fused-ring (bicyclic) bond motifs is 1. The van der Waals surface area contributed by atoms with Crippen molar-refractivity contribution in [2.45, 2.75) is 52.4 Å². The summed E-state index contributed by atoms with van der Waals surface area (Å²) < 4.78 is 40.5. The van der Waals surface area contributed by atoms with Gasteiger partial charge in [0.2, 0.25) is 15.9 Å². The van der Waals surface area contributed by atoms with E-state index in [9.17, 15) is 13.2 Å². The molecule has 206 valence electrons. The second-order valence-corrected chi connectivity index (χ2v) is 12.5. The number of aryl methyl sites for hydroxylation is 5. The molecule has 0 aliphatic carbocycles. The maximum absolute atomic E-state index is 13.9. The maximum Gasteiger partial charge on any atom is 0.248 e. The van der Waals surface area contributed by atoms with Crippen LogP contribution in [0.15, 0.2) is 39.8 Å². The molecule has 5 rings (SSSR count). The van der Waals surface area contributed by atoms with E-state index in [4.69, 9.17) is 9.26 Å². The smallest absolute Gasteiger partial charge is 0.248 e. The number of benzene rings is 2. The Balaban J connectivity index is 1.40. The molecule has 0 bridgehead atoms. The van der Waals surface area contributed by atoms with E-state index >= 15 is 0 Å². The first kappa shape index (κ1) is 27.1. The van der Waals surface area contributed by atoms with Gasteiger partial charge in [-0.1, -0.05) is 35.0 Å². The van der Waals surface area contributed by atoms with Gasteiger partial charge in [-0.3, -0.25) is 4.79 Å². The van der Waals surface area contributed by atoms with Crippen LogP contribution in [0.3, 0.4) is 0 Å². The summed E-state index contributed by atoms with van der Waals surface area (Å²) in [7, 11) is -3.95. The highest BCUT2D eigenvalue weighted by molar-refractivity contribution is 7.89. The first-order chi connectivity index (χ1) is 18.6. The number of ether oxygens (including phenoxy) is 1. The van der Waals surface area contributed by atoms with E-state index in [2.05, 4.69) is 17.3 Å². The summed E-state index contributed by atoms with van der Waals surface area (Å²) in [5, 5.41) is 3.99. The Labute approximate surface area is 230 Å². The molecule has 2 aromatic carbocycles. The summed E-state index contributed by atoms with van der Waals surface area (Å²) in [5.41, 5.74) is 6.47. The molecule has 1 saturated heterocycles. The van der Waals surface area contributed by atoms with Crippen LogP contribution in [0.1, 0.15) is 52.1 Å². The van der Waals surface area contributed by atoms with Gasteiger partial charge >= 0.3 is 0 Å². The highest BCUT2D eigenvalue weighted by Crippen LogP contribution is 2.35. The van der Waals surface area contributed by atoms with Crippen molar-refractivity contribution in [2.75, 3.05) is 31.1 Å². The van der Waals surface area contributed by atoms with Crippen LogP contribution in [0.4, 0.5) is 5.69 Å². The molecule has 2 aliphatic rings. The molecule has 0 spiro atoms. The standard InChI is InChI=1S/C30H35N3O5S/c1-19-8-10-27-26(17-19)33(13-14-37-27)30(34)24-7-6-12-32(18-24)39(35,36)29-23(5)31-38-28(29)11-9-25-21(3)15-20(2)16-22(25)4/h8-11,15-17,24H,6-7,12-14,18H2,1-5H3/b11-9+/t24-/m0/s1. The molecular formula is C30H35N3O5S. The van der Waals surface area contributed by atoms with Crippen molar-refractivity contribution in [3.05, 3.63) is 69.6 Å². The third-order valence-electron chi connectivity index (χ3n) is 7.55. The van der Waals surface area contributed by atoms with Crippen LogP contribution in [0.25, 0.3) is 12.2 Å². The van der Waals surface area contributed by atoms with Crippen molar-refractivity contribution in [3.63, 3.8) is 0 Å². The topological polar surface area (TPSA) is 93.0 Å². The third-order valence-corrected chi connectivity index (χ3v) is 9.57. The molecule has 0 radical (unpaired) electrons. The van der Waals surface area contributed by atoms with Crippen LogP contribution in [0, 0.1) is 40.5 Å². The Bertz CT molecular complexity index is 1530. The van der Waals surface area contributed by atoms with Gasteiger partial charge in [0.1, 0.15) is 18.1 Å². The number of hydrogen-bond donors (Lipinski definition) is 0. The van der Waals surface area contributed by atoms with Crippen molar-refractivity contribution in [1.29, 1.82) is 0 Å². The Hall–Kier alpha value is -3.43. The molecule has 9 heteroatoms. The Morgan fingerprint density at radius 1 is 1.00 bits per heavy atom. The number of hydrogen-bond acceptors (Lipinski definition) is 6. The lowest BCUT2D eigenvalue weighted by molar-refractivity contribution is -0.123. The van der Waals surface area contributed by atoms with Gasteiger partial charge in [-0.05, 0) is 87.9 Å². The first-order valence-electron chi connectivity index (χ1n) is 13.3. The summed E-state index contributed by atoms with van der Waals surface area (Å²) >= 11 is 0. The molecule has 1 aromatic heterocycles. The number of carbonyl (C=O) groups excluding carboxylic acids is 1. The molecule has 39 heavy (non-hydrogen) atoms. The van der Waals surface area contributed by atoms with E-state index in [1.54, 1.807) is 17.9 Å². The van der Waals surface area contributed by atoms with Gasteiger partial charge in [-0.25, -0.2) is 8.42 Å². The van der Waals surface area contributed by atoms with Crippen LogP contribution in [0.5, 0.6) is 5.75 Å². The minimum atomic E-state index is -3.95. The van der Waals surface area contributed by atoms with Crippen molar-refractivity contribution < 1.29 is 22.5 Å². The fraction of sp³-hybridized carbons (Fsp3) is 0.400. The molecule has 0 N–H and O–H groups in total. The van der Waals surface area contributed by atoms with Gasteiger partial charge in [0.25, 0.3) is 0 Å². The molecule has 1 atom stereocenters. The Morgan fingerprint density at radius 2 is 1.74 bits per heavy atom. The van der Waals surface area contributed by atoms with E-state index in [1.807, 2.05) is 52.0 Å². The lowest BCUT2D eigenvalue weighted by Gasteiger charge is -2.36. The van der Waals surface area contributed by atoms with E-state index in [-0.39, 0.29) is 23.1 Å². The lowest BCUT2D eigenvalue weighted by atomic mass is 9.97. The second-order valence-electron chi connectivity index (χ2n) is 10.6. The van der Waals surface area contributed by atoms with Crippen molar-refractivity contribution >= 4 is 33.8 Å². The fourth-order valence-electron chi connectivity index (χ4n) is 5.68. The van der Waals surface area contributed by atoms with Gasteiger partial charge in [0.15, 0.2) is 10.7 Å². The summed E-state index contributed by atoms with van der Waals surface area (Å²) in [5.74, 6) is 0.350. The number of aromatic nitrogens is 1. The van der Waals surface area contributed by atoms with Crippen LogP contribution in [0.2, 0.25) is 0 Å². The Kier molecular flexibility index (Phi) is 7.39. The van der Waals surface area contributed by atoms with E-state index in [0.717, 1.165) is 27.9 Å². The molecular weight excluding hydrogens is 514 g/mol. The molecule has 8 nitrogen and oxygen atoms in total. The van der Waals surface area contributed by atoms with Crippen LogP contribution in [-0.2, 0) is 14.8 Å². The van der Waals surface area contributed by atoms with E-state index in [0.29, 0.717) is 44.0 Å². The zero-order valence-electron chi connectivity index (χ0n) is 23.2. The fourth-order valence-corrected chi connectivity index (χ4v) is 7.45. The third kappa shape index (κ3) is 5.25. The first-order valence-corrected chi connectivity index (χ1v) is 14.8. The zero-order valence-corrected chi connectivity index (χ0v) is 24.0. The zero-order chi connectivity index (χ0) is 27.9. The number of rotatable bonds is 5. The Morgan fingerprint density at radius 3 is 2.49 bits per heavy atom. The predicted molar refractivity (Wildman–Crippen MR) is 151 cm³/mol. The normalized spacial score (nSPS) is 18.3. The number of piperidine rings is 1. The van der Waals surface area contributed by atoms with E-state index in [1.165, 1.54) is 9.87 Å². The maximum atomic E-state index is 13.9. The summed E-state index contributed by atoms with van der Waals surface area (Å²) in [6.45, 7) is 11.0. The number of carbonyl (C=O) groups is 1. The quantitative estimate of drug-likeness (QED) is 0.434. The average Bonchev–Trinajstić information content (AvgIpc) is 3.28. The summed E-state index contributed by atoms with van der Waals surface area (Å²) in [4.78, 5) is 15.5. The highest BCUT2D eigenvalue weighted by atomic mass is 32.2. The number of sulfonamides is 1. The molecule has 1 amide bonds. The minimum absolute atomic E-state index is 0.0570. The van der Waals surface area contributed by atoms with Crippen molar-refractivity contribution in [1.82, 2.24) is 9.46 Å². The summed E-state index contributed by atoms with van der Waals surface area (Å²) in [6.07, 6.45) is 4.78. The monoisotopic (exact) mass is 549 g/mol. The molecule has 2 aliphatic heterocycles. The van der Waals surface area contributed by atoms with Crippen LogP contribution in [-0.4, -0.2) is 50.0 Å². The number of anilines is 1.